The molecular weight excluding hydrogens is 693 g/mol. The van der Waals surface area contributed by atoms with Crippen LogP contribution >= 0.6 is 0 Å². The fourth-order valence-corrected chi connectivity index (χ4v) is 8.66. The summed E-state index contributed by atoms with van der Waals surface area (Å²) in [6, 6.07) is 78.0. The zero-order valence-electron chi connectivity index (χ0n) is 31.1. The summed E-state index contributed by atoms with van der Waals surface area (Å²) in [5.74, 6) is 0. The van der Waals surface area contributed by atoms with Gasteiger partial charge in [-0.1, -0.05) is 164 Å². The van der Waals surface area contributed by atoms with Gasteiger partial charge in [-0.05, 0) is 71.3 Å². The fourth-order valence-electron chi connectivity index (χ4n) is 8.66. The predicted molar refractivity (Wildman–Crippen MR) is 239 cm³/mol. The fraction of sp³-hybridized carbons (Fsp3) is 0. The van der Waals surface area contributed by atoms with Gasteiger partial charge in [0.05, 0.1) is 33.7 Å². The average molecular weight is 729 g/mol. The SMILES string of the molecule is c1ccc(-c2ccc(N(c3ccccc3-c3ccccc3)c3ccc4c(oc5ccccc54)c3-c3ccccc3-n3c4ccccc4c4ccccc43)cc2)cc1. The van der Waals surface area contributed by atoms with Crippen LogP contribution in [0.15, 0.2) is 223 Å². The molecule has 0 amide bonds. The number of hydrogen-bond donors (Lipinski definition) is 0. The summed E-state index contributed by atoms with van der Waals surface area (Å²) < 4.78 is 9.42. The molecule has 11 rings (SSSR count). The Labute approximate surface area is 330 Å². The Morgan fingerprint density at radius 1 is 0.351 bits per heavy atom. The molecule has 0 radical (unpaired) electrons. The van der Waals surface area contributed by atoms with Gasteiger partial charge >= 0.3 is 0 Å². The van der Waals surface area contributed by atoms with E-state index >= 15 is 0 Å². The first-order valence-electron chi connectivity index (χ1n) is 19.4. The summed E-state index contributed by atoms with van der Waals surface area (Å²) in [6.45, 7) is 0. The van der Waals surface area contributed by atoms with Crippen molar-refractivity contribution in [2.75, 3.05) is 4.90 Å². The van der Waals surface area contributed by atoms with E-state index in [0.29, 0.717) is 0 Å². The largest absolute Gasteiger partial charge is 0.455 e. The van der Waals surface area contributed by atoms with Crippen molar-refractivity contribution in [2.45, 2.75) is 0 Å². The van der Waals surface area contributed by atoms with Gasteiger partial charge in [0.25, 0.3) is 0 Å². The van der Waals surface area contributed by atoms with Gasteiger partial charge in [-0.25, -0.2) is 0 Å². The van der Waals surface area contributed by atoms with E-state index < -0.39 is 0 Å². The van der Waals surface area contributed by atoms with E-state index in [4.69, 9.17) is 4.42 Å². The van der Waals surface area contributed by atoms with Crippen molar-refractivity contribution in [3.05, 3.63) is 218 Å². The van der Waals surface area contributed by atoms with Gasteiger partial charge in [-0.15, -0.1) is 0 Å². The number of aromatic nitrogens is 1. The minimum Gasteiger partial charge on any atom is -0.455 e. The second kappa shape index (κ2) is 13.6. The van der Waals surface area contributed by atoms with Crippen molar-refractivity contribution in [1.29, 1.82) is 0 Å². The molecule has 0 aliphatic carbocycles. The smallest absolute Gasteiger partial charge is 0.145 e. The number of para-hydroxylation sites is 5. The molecule has 268 valence electrons. The molecule has 0 saturated heterocycles. The topological polar surface area (TPSA) is 21.3 Å². The third-order valence-corrected chi connectivity index (χ3v) is 11.2. The lowest BCUT2D eigenvalue weighted by Gasteiger charge is -2.30. The molecule has 0 saturated carbocycles. The molecule has 0 N–H and O–H groups in total. The number of nitrogens with zero attached hydrogens (tertiary/aromatic N) is 2. The van der Waals surface area contributed by atoms with Gasteiger partial charge in [0, 0.05) is 38.4 Å². The minimum atomic E-state index is 0.852. The standard InChI is InChI=1S/C54H36N2O/c1-3-17-37(18-4-1)38-31-33-40(34-32-38)55(47-26-12-7-21-41(47)39-19-5-2-6-20-39)51-36-35-45-44-24-11-16-30-52(44)57-54(45)53(51)46-25-10-15-29-50(46)56-48-27-13-8-22-42(48)43-23-9-14-28-49(43)56/h1-36H. The lowest BCUT2D eigenvalue weighted by molar-refractivity contribution is 0.670. The van der Waals surface area contributed by atoms with Gasteiger partial charge < -0.3 is 13.9 Å². The highest BCUT2D eigenvalue weighted by atomic mass is 16.3. The molecule has 2 heterocycles. The van der Waals surface area contributed by atoms with Crippen LogP contribution < -0.4 is 4.90 Å². The summed E-state index contributed by atoms with van der Waals surface area (Å²) >= 11 is 0. The molecule has 9 aromatic carbocycles. The summed E-state index contributed by atoms with van der Waals surface area (Å²) in [6.07, 6.45) is 0. The molecule has 2 aromatic heterocycles. The maximum Gasteiger partial charge on any atom is 0.145 e. The Morgan fingerprint density at radius 2 is 0.895 bits per heavy atom. The average Bonchev–Trinajstić information content (AvgIpc) is 3.83. The number of hydrogen-bond acceptors (Lipinski definition) is 2. The van der Waals surface area contributed by atoms with E-state index in [1.54, 1.807) is 0 Å². The Hall–Kier alpha value is -7.62. The lowest BCUT2D eigenvalue weighted by atomic mass is 9.95. The first kappa shape index (κ1) is 32.8. The first-order valence-corrected chi connectivity index (χ1v) is 19.4. The third kappa shape index (κ3) is 5.43. The number of anilines is 3. The van der Waals surface area contributed by atoms with E-state index in [9.17, 15) is 0 Å². The van der Waals surface area contributed by atoms with Crippen LogP contribution in [-0.4, -0.2) is 4.57 Å². The Morgan fingerprint density at radius 3 is 1.61 bits per heavy atom. The maximum atomic E-state index is 7.00. The van der Waals surface area contributed by atoms with Crippen molar-refractivity contribution in [3.63, 3.8) is 0 Å². The summed E-state index contributed by atoms with van der Waals surface area (Å²) in [7, 11) is 0. The second-order valence-corrected chi connectivity index (χ2v) is 14.5. The van der Waals surface area contributed by atoms with Crippen LogP contribution in [0.25, 0.3) is 82.8 Å². The van der Waals surface area contributed by atoms with E-state index in [1.807, 2.05) is 6.07 Å². The summed E-state index contributed by atoms with van der Waals surface area (Å²) in [4.78, 5) is 2.42. The molecule has 3 nitrogen and oxygen atoms in total. The quantitative estimate of drug-likeness (QED) is 0.163. The van der Waals surface area contributed by atoms with Gasteiger partial charge in [0.2, 0.25) is 0 Å². The van der Waals surface area contributed by atoms with E-state index in [2.05, 4.69) is 222 Å². The normalized spacial score (nSPS) is 11.5. The third-order valence-electron chi connectivity index (χ3n) is 11.2. The Bertz CT molecular complexity index is 3180. The van der Waals surface area contributed by atoms with Gasteiger partial charge in [0.1, 0.15) is 11.2 Å². The molecule has 0 atom stereocenters. The van der Waals surface area contributed by atoms with E-state index in [0.717, 1.165) is 78.0 Å². The lowest BCUT2D eigenvalue weighted by Crippen LogP contribution is -2.13. The van der Waals surface area contributed by atoms with Crippen LogP contribution in [0.3, 0.4) is 0 Å². The summed E-state index contributed by atoms with van der Waals surface area (Å²) in [5.41, 5.74) is 15.0. The number of furan rings is 1. The molecule has 0 bridgehead atoms. The van der Waals surface area contributed by atoms with Gasteiger partial charge in [-0.3, -0.25) is 0 Å². The van der Waals surface area contributed by atoms with Crippen LogP contribution in [0.4, 0.5) is 17.1 Å². The van der Waals surface area contributed by atoms with Crippen LogP contribution in [0.2, 0.25) is 0 Å². The molecule has 0 aliphatic heterocycles. The Balaban J connectivity index is 1.24. The van der Waals surface area contributed by atoms with Crippen LogP contribution in [0.5, 0.6) is 0 Å². The molecule has 57 heavy (non-hydrogen) atoms. The van der Waals surface area contributed by atoms with Gasteiger partial charge in [-0.2, -0.15) is 0 Å². The molecule has 11 aromatic rings. The Kier molecular flexibility index (Phi) is 7.82. The van der Waals surface area contributed by atoms with Gasteiger partial charge in [0.15, 0.2) is 0 Å². The van der Waals surface area contributed by atoms with Crippen LogP contribution in [0.1, 0.15) is 0 Å². The van der Waals surface area contributed by atoms with Crippen molar-refractivity contribution in [3.8, 4) is 39.1 Å². The van der Waals surface area contributed by atoms with E-state index in [-0.39, 0.29) is 0 Å². The predicted octanol–water partition coefficient (Wildman–Crippen LogP) is 15.2. The van der Waals surface area contributed by atoms with E-state index in [1.165, 1.54) is 21.9 Å². The molecule has 0 unspecified atom stereocenters. The second-order valence-electron chi connectivity index (χ2n) is 14.5. The highest BCUT2D eigenvalue weighted by Gasteiger charge is 2.27. The highest BCUT2D eigenvalue weighted by Crippen LogP contribution is 2.50. The minimum absolute atomic E-state index is 0.852. The molecular formula is C54H36N2O. The maximum absolute atomic E-state index is 7.00. The van der Waals surface area contributed by atoms with Crippen molar-refractivity contribution in [2.24, 2.45) is 0 Å². The molecule has 0 spiro atoms. The summed E-state index contributed by atoms with van der Waals surface area (Å²) in [5, 5.41) is 4.62. The van der Waals surface area contributed by atoms with Crippen molar-refractivity contribution in [1.82, 2.24) is 4.57 Å². The molecule has 3 heteroatoms. The zero-order valence-corrected chi connectivity index (χ0v) is 31.1. The first-order chi connectivity index (χ1) is 28.3. The van der Waals surface area contributed by atoms with Crippen LogP contribution in [-0.2, 0) is 0 Å². The van der Waals surface area contributed by atoms with Crippen molar-refractivity contribution >= 4 is 60.8 Å². The number of fused-ring (bicyclic) bond motifs is 6. The van der Waals surface area contributed by atoms with Crippen LogP contribution in [0, 0.1) is 0 Å². The monoisotopic (exact) mass is 728 g/mol. The number of benzene rings is 9. The molecule has 0 fully saturated rings. The highest BCUT2D eigenvalue weighted by molar-refractivity contribution is 6.15. The van der Waals surface area contributed by atoms with Crippen molar-refractivity contribution < 1.29 is 4.42 Å². The zero-order chi connectivity index (χ0) is 37.7. The molecule has 0 aliphatic rings. The number of rotatable bonds is 7.